The zero-order valence-corrected chi connectivity index (χ0v) is 15.3. The summed E-state index contributed by atoms with van der Waals surface area (Å²) in [5.41, 5.74) is 4.45. The number of aromatic nitrogens is 4. The Morgan fingerprint density at radius 1 is 1.15 bits per heavy atom. The first-order valence-corrected chi connectivity index (χ1v) is 9.13. The van der Waals surface area contributed by atoms with Crippen molar-refractivity contribution in [3.63, 3.8) is 0 Å². The summed E-state index contributed by atoms with van der Waals surface area (Å²) in [6, 6.07) is 11.5. The maximum Gasteiger partial charge on any atom is 0.159 e. The van der Waals surface area contributed by atoms with E-state index in [2.05, 4.69) is 56.2 Å². The number of halogens is 1. The van der Waals surface area contributed by atoms with Gasteiger partial charge in [0.1, 0.15) is 11.5 Å². The van der Waals surface area contributed by atoms with Crippen LogP contribution in [-0.2, 0) is 0 Å². The maximum atomic E-state index is 13.4. The van der Waals surface area contributed by atoms with Crippen LogP contribution in [0.25, 0.3) is 33.5 Å². The van der Waals surface area contributed by atoms with E-state index in [1.54, 1.807) is 6.07 Å². The van der Waals surface area contributed by atoms with Crippen molar-refractivity contribution in [3.05, 3.63) is 42.2 Å². The highest BCUT2D eigenvalue weighted by molar-refractivity contribution is 5.93. The highest BCUT2D eigenvalue weighted by atomic mass is 19.1. The molecule has 138 valence electrons. The maximum absolute atomic E-state index is 13.4. The number of hydrogen-bond donors (Lipinski definition) is 2. The van der Waals surface area contributed by atoms with Crippen LogP contribution in [0.4, 0.5) is 10.1 Å². The smallest absolute Gasteiger partial charge is 0.159 e. The molecule has 3 heterocycles. The van der Waals surface area contributed by atoms with Crippen molar-refractivity contribution in [2.45, 2.75) is 12.5 Å². The summed E-state index contributed by atoms with van der Waals surface area (Å²) in [7, 11) is 4.28. The number of aromatic amines is 2. The monoisotopic (exact) mass is 364 g/mol. The Morgan fingerprint density at radius 3 is 2.85 bits per heavy atom. The Bertz CT molecular complexity index is 1130. The third-order valence-electron chi connectivity index (χ3n) is 5.47. The predicted molar refractivity (Wildman–Crippen MR) is 105 cm³/mol. The van der Waals surface area contributed by atoms with Gasteiger partial charge in [-0.1, -0.05) is 0 Å². The molecule has 2 N–H and O–H groups in total. The third-order valence-corrected chi connectivity index (χ3v) is 5.47. The van der Waals surface area contributed by atoms with E-state index >= 15 is 0 Å². The quantitative estimate of drug-likeness (QED) is 0.585. The summed E-state index contributed by atoms with van der Waals surface area (Å²) in [4.78, 5) is 12.8. The van der Waals surface area contributed by atoms with Gasteiger partial charge in [-0.3, -0.25) is 5.10 Å². The van der Waals surface area contributed by atoms with Crippen molar-refractivity contribution >= 4 is 27.6 Å². The molecule has 27 heavy (non-hydrogen) atoms. The van der Waals surface area contributed by atoms with Crippen LogP contribution in [0.15, 0.2) is 36.4 Å². The summed E-state index contributed by atoms with van der Waals surface area (Å²) < 4.78 is 13.4. The van der Waals surface area contributed by atoms with Crippen LogP contribution in [0.5, 0.6) is 0 Å². The summed E-state index contributed by atoms with van der Waals surface area (Å²) in [5, 5.41) is 8.06. The lowest BCUT2D eigenvalue weighted by molar-refractivity contribution is 0.315. The van der Waals surface area contributed by atoms with Crippen molar-refractivity contribution < 1.29 is 4.39 Å². The molecule has 0 aliphatic carbocycles. The van der Waals surface area contributed by atoms with Crippen LogP contribution >= 0.6 is 0 Å². The zero-order valence-electron chi connectivity index (χ0n) is 15.3. The summed E-state index contributed by atoms with van der Waals surface area (Å²) in [6.07, 6.45) is 1.18. The van der Waals surface area contributed by atoms with Crippen molar-refractivity contribution in [2.24, 2.45) is 0 Å². The van der Waals surface area contributed by atoms with Crippen molar-refractivity contribution in [2.75, 3.05) is 32.1 Å². The number of fused-ring (bicyclic) bond motifs is 2. The first-order valence-electron chi connectivity index (χ1n) is 9.13. The Kier molecular flexibility index (Phi) is 3.65. The fraction of sp³-hybridized carbons (Fsp3) is 0.300. The molecule has 0 saturated carbocycles. The van der Waals surface area contributed by atoms with E-state index in [1.807, 2.05) is 6.07 Å². The molecule has 1 unspecified atom stereocenters. The third kappa shape index (κ3) is 2.75. The van der Waals surface area contributed by atoms with Gasteiger partial charge in [0, 0.05) is 30.2 Å². The van der Waals surface area contributed by atoms with Gasteiger partial charge in [0.2, 0.25) is 0 Å². The molecule has 5 rings (SSSR count). The molecule has 0 bridgehead atoms. The molecular formula is C20H21FN6. The Hall–Kier alpha value is -2.93. The van der Waals surface area contributed by atoms with E-state index in [-0.39, 0.29) is 5.82 Å². The number of imidazole rings is 1. The standard InChI is InChI=1S/C20H21FN6/c1-26(2)14-7-8-27(11-14)13-4-6-16-18(10-13)23-20(22-16)19-15-5-3-12(21)9-17(15)24-25-19/h3-6,9-10,14H,7-8,11H2,1-2H3,(H,22,23)(H,24,25). The minimum atomic E-state index is -0.284. The fourth-order valence-electron chi connectivity index (χ4n) is 3.88. The average molecular weight is 364 g/mol. The van der Waals surface area contributed by atoms with E-state index in [4.69, 9.17) is 0 Å². The van der Waals surface area contributed by atoms with Gasteiger partial charge in [0.05, 0.1) is 16.6 Å². The number of rotatable bonds is 3. The topological polar surface area (TPSA) is 63.8 Å². The first kappa shape index (κ1) is 16.3. The molecule has 1 saturated heterocycles. The number of nitrogens with one attached hydrogen (secondary N) is 2. The lowest BCUT2D eigenvalue weighted by atomic mass is 10.2. The van der Waals surface area contributed by atoms with Gasteiger partial charge in [0.15, 0.2) is 5.82 Å². The SMILES string of the molecule is CN(C)C1CCN(c2ccc3nc(-c4n[nH]c5cc(F)ccc45)[nH]c3c2)C1. The van der Waals surface area contributed by atoms with Gasteiger partial charge in [-0.15, -0.1) is 0 Å². The molecule has 1 aliphatic rings. The van der Waals surface area contributed by atoms with Crippen molar-refractivity contribution in [1.29, 1.82) is 0 Å². The molecule has 2 aromatic heterocycles. The average Bonchev–Trinajstić information content (AvgIpc) is 3.37. The van der Waals surface area contributed by atoms with Gasteiger partial charge < -0.3 is 14.8 Å². The fourth-order valence-corrected chi connectivity index (χ4v) is 3.88. The van der Waals surface area contributed by atoms with Gasteiger partial charge in [0.25, 0.3) is 0 Å². The molecule has 2 aromatic carbocycles. The molecule has 0 amide bonds. The minimum absolute atomic E-state index is 0.284. The number of anilines is 1. The number of hydrogen-bond acceptors (Lipinski definition) is 4. The van der Waals surface area contributed by atoms with E-state index in [0.717, 1.165) is 29.5 Å². The van der Waals surface area contributed by atoms with E-state index in [1.165, 1.54) is 24.2 Å². The molecule has 4 aromatic rings. The number of nitrogens with zero attached hydrogens (tertiary/aromatic N) is 4. The largest absolute Gasteiger partial charge is 0.370 e. The molecular weight excluding hydrogens is 343 g/mol. The molecule has 1 aliphatic heterocycles. The summed E-state index contributed by atoms with van der Waals surface area (Å²) in [6.45, 7) is 2.10. The summed E-state index contributed by atoms with van der Waals surface area (Å²) in [5.74, 6) is 0.404. The Labute approximate surface area is 156 Å². The highest BCUT2D eigenvalue weighted by Crippen LogP contribution is 2.29. The van der Waals surface area contributed by atoms with Crippen molar-refractivity contribution in [1.82, 2.24) is 25.1 Å². The van der Waals surface area contributed by atoms with Gasteiger partial charge in [-0.05, 0) is 56.9 Å². The highest BCUT2D eigenvalue weighted by Gasteiger charge is 2.24. The van der Waals surface area contributed by atoms with Crippen LogP contribution in [0, 0.1) is 5.82 Å². The van der Waals surface area contributed by atoms with Crippen LogP contribution < -0.4 is 4.90 Å². The molecule has 7 heteroatoms. The predicted octanol–water partition coefficient (Wildman–Crippen LogP) is 3.39. The Balaban J connectivity index is 1.50. The van der Waals surface area contributed by atoms with E-state index < -0.39 is 0 Å². The van der Waals surface area contributed by atoms with Gasteiger partial charge in [-0.25, -0.2) is 9.37 Å². The molecule has 0 spiro atoms. The number of benzene rings is 2. The van der Waals surface area contributed by atoms with Crippen LogP contribution in [-0.4, -0.2) is 58.3 Å². The normalized spacial score (nSPS) is 17.6. The van der Waals surface area contributed by atoms with E-state index in [9.17, 15) is 4.39 Å². The molecule has 6 nitrogen and oxygen atoms in total. The van der Waals surface area contributed by atoms with E-state index in [0.29, 0.717) is 23.1 Å². The lowest BCUT2D eigenvalue weighted by Gasteiger charge is -2.21. The summed E-state index contributed by atoms with van der Waals surface area (Å²) >= 11 is 0. The van der Waals surface area contributed by atoms with Crippen molar-refractivity contribution in [3.8, 4) is 11.5 Å². The van der Waals surface area contributed by atoms with Gasteiger partial charge >= 0.3 is 0 Å². The molecule has 1 atom stereocenters. The second kappa shape index (κ2) is 6.06. The van der Waals surface area contributed by atoms with Crippen LogP contribution in [0.1, 0.15) is 6.42 Å². The molecule has 1 fully saturated rings. The Morgan fingerprint density at radius 2 is 2.04 bits per heavy atom. The minimum Gasteiger partial charge on any atom is -0.370 e. The second-order valence-corrected chi connectivity index (χ2v) is 7.40. The van der Waals surface area contributed by atoms with Gasteiger partial charge in [-0.2, -0.15) is 5.10 Å². The number of H-pyrrole nitrogens is 2. The first-order chi connectivity index (χ1) is 13.1. The lowest BCUT2D eigenvalue weighted by Crippen LogP contribution is -2.31. The zero-order chi connectivity index (χ0) is 18.5. The van der Waals surface area contributed by atoms with Crippen LogP contribution in [0.3, 0.4) is 0 Å². The number of likely N-dealkylation sites (N-methyl/N-ethyl adjacent to an activating group) is 1. The molecule has 0 radical (unpaired) electrons. The van der Waals surface area contributed by atoms with Crippen LogP contribution in [0.2, 0.25) is 0 Å². The second-order valence-electron chi connectivity index (χ2n) is 7.40.